The Labute approximate surface area is 83.3 Å². The van der Waals surface area contributed by atoms with Gasteiger partial charge in [0.25, 0.3) is 0 Å². The molecule has 14 heavy (non-hydrogen) atoms. The van der Waals surface area contributed by atoms with E-state index in [0.717, 1.165) is 0 Å². The van der Waals surface area contributed by atoms with Gasteiger partial charge in [0.15, 0.2) is 0 Å². The van der Waals surface area contributed by atoms with Crippen LogP contribution in [-0.4, -0.2) is 37.3 Å². The SMILES string of the molecule is CC(CN)C(C)N(C)CCC(F)(F)F. The summed E-state index contributed by atoms with van der Waals surface area (Å²) >= 11 is 0. The van der Waals surface area contributed by atoms with Gasteiger partial charge in [-0.3, -0.25) is 0 Å². The van der Waals surface area contributed by atoms with Crippen molar-refractivity contribution in [1.29, 1.82) is 0 Å². The van der Waals surface area contributed by atoms with Gasteiger partial charge in [-0.05, 0) is 26.4 Å². The van der Waals surface area contributed by atoms with Crippen LogP contribution in [0.25, 0.3) is 0 Å². The molecule has 2 N–H and O–H groups in total. The molecule has 2 atom stereocenters. The number of hydrogen-bond donors (Lipinski definition) is 1. The van der Waals surface area contributed by atoms with Crippen molar-refractivity contribution in [1.82, 2.24) is 4.90 Å². The molecule has 0 spiro atoms. The third-order valence-corrected chi connectivity index (χ3v) is 2.64. The van der Waals surface area contributed by atoms with Crippen LogP contribution in [0.5, 0.6) is 0 Å². The van der Waals surface area contributed by atoms with Crippen LogP contribution in [0.2, 0.25) is 0 Å². The molecule has 2 unspecified atom stereocenters. The lowest BCUT2D eigenvalue weighted by atomic mass is 10.0. The Morgan fingerprint density at radius 2 is 1.79 bits per heavy atom. The molecule has 0 aromatic heterocycles. The standard InChI is InChI=1S/C9H19F3N2/c1-7(6-13)8(2)14(3)5-4-9(10,11)12/h7-8H,4-6,13H2,1-3H3. The van der Waals surface area contributed by atoms with E-state index in [4.69, 9.17) is 5.73 Å². The largest absolute Gasteiger partial charge is 0.390 e. The second-order valence-electron chi connectivity index (χ2n) is 3.80. The van der Waals surface area contributed by atoms with Crippen LogP contribution < -0.4 is 5.73 Å². The highest BCUT2D eigenvalue weighted by Crippen LogP contribution is 2.20. The van der Waals surface area contributed by atoms with Crippen molar-refractivity contribution in [2.24, 2.45) is 11.7 Å². The first-order valence-electron chi connectivity index (χ1n) is 4.75. The number of alkyl halides is 3. The second kappa shape index (κ2) is 5.56. The number of nitrogens with two attached hydrogens (primary N) is 1. The smallest absolute Gasteiger partial charge is 0.330 e. The normalized spacial score (nSPS) is 17.1. The fraction of sp³-hybridized carbons (Fsp3) is 1.00. The molecule has 0 bridgehead atoms. The molecule has 0 aliphatic heterocycles. The summed E-state index contributed by atoms with van der Waals surface area (Å²) in [7, 11) is 1.70. The van der Waals surface area contributed by atoms with Gasteiger partial charge in [-0.2, -0.15) is 13.2 Å². The first-order chi connectivity index (χ1) is 6.28. The Balaban J connectivity index is 3.90. The lowest BCUT2D eigenvalue weighted by Gasteiger charge is -2.29. The van der Waals surface area contributed by atoms with E-state index in [1.54, 1.807) is 11.9 Å². The van der Waals surface area contributed by atoms with Crippen molar-refractivity contribution in [2.75, 3.05) is 20.1 Å². The van der Waals surface area contributed by atoms with Crippen LogP contribution in [0.15, 0.2) is 0 Å². The van der Waals surface area contributed by atoms with Gasteiger partial charge in [0.05, 0.1) is 6.42 Å². The number of rotatable bonds is 5. The highest BCUT2D eigenvalue weighted by molar-refractivity contribution is 4.71. The van der Waals surface area contributed by atoms with Crippen molar-refractivity contribution in [3.05, 3.63) is 0 Å². The lowest BCUT2D eigenvalue weighted by Crippen LogP contribution is -2.39. The molecule has 0 radical (unpaired) electrons. The average molecular weight is 212 g/mol. The number of halogens is 3. The fourth-order valence-electron chi connectivity index (χ4n) is 1.14. The van der Waals surface area contributed by atoms with Gasteiger partial charge >= 0.3 is 6.18 Å². The van der Waals surface area contributed by atoms with E-state index in [1.807, 2.05) is 13.8 Å². The Hall–Kier alpha value is -0.290. The van der Waals surface area contributed by atoms with Crippen LogP contribution in [0.1, 0.15) is 20.3 Å². The van der Waals surface area contributed by atoms with Crippen LogP contribution in [0.3, 0.4) is 0 Å². The third kappa shape index (κ3) is 5.44. The van der Waals surface area contributed by atoms with E-state index in [1.165, 1.54) is 0 Å². The molecule has 5 heteroatoms. The predicted molar refractivity (Wildman–Crippen MR) is 51.0 cm³/mol. The molecule has 0 heterocycles. The van der Waals surface area contributed by atoms with Crippen molar-refractivity contribution in [3.8, 4) is 0 Å². The third-order valence-electron chi connectivity index (χ3n) is 2.64. The van der Waals surface area contributed by atoms with Crippen molar-refractivity contribution < 1.29 is 13.2 Å². The first-order valence-corrected chi connectivity index (χ1v) is 4.75. The molecular formula is C9H19F3N2. The van der Waals surface area contributed by atoms with Gasteiger partial charge < -0.3 is 10.6 Å². The summed E-state index contributed by atoms with van der Waals surface area (Å²) in [5.41, 5.74) is 5.44. The summed E-state index contributed by atoms with van der Waals surface area (Å²) in [5, 5.41) is 0. The Bertz CT molecular complexity index is 159. The van der Waals surface area contributed by atoms with Crippen LogP contribution in [-0.2, 0) is 0 Å². The van der Waals surface area contributed by atoms with E-state index in [2.05, 4.69) is 0 Å². The summed E-state index contributed by atoms with van der Waals surface area (Å²) in [6, 6.07) is 0.0855. The Morgan fingerprint density at radius 1 is 1.29 bits per heavy atom. The average Bonchev–Trinajstić information content (AvgIpc) is 2.10. The lowest BCUT2D eigenvalue weighted by molar-refractivity contribution is -0.138. The van der Waals surface area contributed by atoms with Crippen molar-refractivity contribution in [2.45, 2.75) is 32.5 Å². The summed E-state index contributed by atoms with van der Waals surface area (Å²) in [4.78, 5) is 1.70. The molecule has 0 aliphatic carbocycles. The second-order valence-corrected chi connectivity index (χ2v) is 3.80. The minimum atomic E-state index is -4.07. The summed E-state index contributed by atoms with van der Waals surface area (Å²) in [6.07, 6.45) is -4.83. The minimum absolute atomic E-state index is 0.0367. The van der Waals surface area contributed by atoms with Crippen LogP contribution >= 0.6 is 0 Å². The van der Waals surface area contributed by atoms with E-state index in [-0.39, 0.29) is 18.5 Å². The number of nitrogens with zero attached hydrogens (tertiary/aromatic N) is 1. The zero-order valence-electron chi connectivity index (χ0n) is 8.93. The van der Waals surface area contributed by atoms with E-state index >= 15 is 0 Å². The molecule has 0 fully saturated rings. The molecule has 0 saturated heterocycles. The quantitative estimate of drug-likeness (QED) is 0.753. The Morgan fingerprint density at radius 3 is 2.14 bits per heavy atom. The summed E-state index contributed by atoms with van der Waals surface area (Å²) in [5.74, 6) is 0.216. The fourth-order valence-corrected chi connectivity index (χ4v) is 1.14. The summed E-state index contributed by atoms with van der Waals surface area (Å²) < 4.78 is 35.7. The maximum atomic E-state index is 11.9. The van der Waals surface area contributed by atoms with Gasteiger partial charge in [0.1, 0.15) is 0 Å². The zero-order valence-corrected chi connectivity index (χ0v) is 8.93. The molecule has 0 saturated carbocycles. The van der Waals surface area contributed by atoms with E-state index in [9.17, 15) is 13.2 Å². The molecule has 0 aromatic rings. The molecule has 2 nitrogen and oxygen atoms in total. The zero-order chi connectivity index (χ0) is 11.4. The van der Waals surface area contributed by atoms with Crippen molar-refractivity contribution in [3.63, 3.8) is 0 Å². The van der Waals surface area contributed by atoms with Gasteiger partial charge in [-0.25, -0.2) is 0 Å². The first kappa shape index (κ1) is 13.7. The van der Waals surface area contributed by atoms with Crippen molar-refractivity contribution >= 4 is 0 Å². The number of hydrogen-bond acceptors (Lipinski definition) is 2. The van der Waals surface area contributed by atoms with Crippen LogP contribution in [0.4, 0.5) is 13.2 Å². The predicted octanol–water partition coefficient (Wildman–Crippen LogP) is 1.85. The molecule has 0 aromatic carbocycles. The van der Waals surface area contributed by atoms with Gasteiger partial charge in [-0.1, -0.05) is 6.92 Å². The van der Waals surface area contributed by atoms with E-state index in [0.29, 0.717) is 6.54 Å². The maximum absolute atomic E-state index is 11.9. The maximum Gasteiger partial charge on any atom is 0.390 e. The molecule has 0 aliphatic rings. The molecule has 86 valence electrons. The Kier molecular flexibility index (Phi) is 5.44. The monoisotopic (exact) mass is 212 g/mol. The topological polar surface area (TPSA) is 29.3 Å². The molecule has 0 amide bonds. The van der Waals surface area contributed by atoms with Gasteiger partial charge in [0, 0.05) is 12.6 Å². The minimum Gasteiger partial charge on any atom is -0.330 e. The van der Waals surface area contributed by atoms with Crippen LogP contribution in [0, 0.1) is 5.92 Å². The van der Waals surface area contributed by atoms with Gasteiger partial charge in [-0.15, -0.1) is 0 Å². The molecular weight excluding hydrogens is 193 g/mol. The molecule has 0 rings (SSSR count). The highest BCUT2D eigenvalue weighted by atomic mass is 19.4. The highest BCUT2D eigenvalue weighted by Gasteiger charge is 2.28. The van der Waals surface area contributed by atoms with Gasteiger partial charge in [0.2, 0.25) is 0 Å². The van der Waals surface area contributed by atoms with E-state index < -0.39 is 12.6 Å². The summed E-state index contributed by atoms with van der Waals surface area (Å²) in [6.45, 7) is 4.37.